The van der Waals surface area contributed by atoms with Gasteiger partial charge in [-0.3, -0.25) is 0 Å². The largest absolute Gasteiger partial charge is 0.368 e. The normalized spacial score (nSPS) is 17.6. The summed E-state index contributed by atoms with van der Waals surface area (Å²) in [5, 5.41) is 1.26. The Morgan fingerprint density at radius 2 is 1.00 bits per heavy atom. The first-order valence-corrected chi connectivity index (χ1v) is 18.8. The predicted octanol–water partition coefficient (Wildman–Crippen LogP) is 9.25. The Kier molecular flexibility index (Phi) is 8.45. The summed E-state index contributed by atoms with van der Waals surface area (Å²) in [6.07, 6.45) is -0.946. The van der Waals surface area contributed by atoms with E-state index >= 15 is 0 Å². The van der Waals surface area contributed by atoms with Crippen LogP contribution in [-0.4, -0.2) is 9.79 Å². The zero-order chi connectivity index (χ0) is 25.7. The predicted molar refractivity (Wildman–Crippen MR) is 155 cm³/mol. The van der Waals surface area contributed by atoms with Crippen molar-refractivity contribution in [2.75, 3.05) is 0 Å². The molecule has 188 valence electrons. The van der Waals surface area contributed by atoms with Gasteiger partial charge in [0.1, 0.15) is 45.0 Å². The van der Waals surface area contributed by atoms with Crippen LogP contribution >= 0.6 is 57.4 Å². The molecular formula is C26H36Cl4O2P2+2. The van der Waals surface area contributed by atoms with Gasteiger partial charge >= 0.3 is 12.4 Å². The maximum absolute atomic E-state index is 10.5. The van der Waals surface area contributed by atoms with Crippen LogP contribution in [0.3, 0.4) is 0 Å². The SMILES string of the molecule is CC(C)(C)c1cc(C2(c3ccc([P+](O)(Cl)Cl)c(C(C)(C)C)c3)CCCCC2)ccc1[P+](O)(Cl)Cl. The molecule has 0 unspecified atom stereocenters. The van der Waals surface area contributed by atoms with E-state index in [-0.39, 0.29) is 16.2 Å². The van der Waals surface area contributed by atoms with Gasteiger partial charge in [-0.2, -0.15) is 0 Å². The smallest absolute Gasteiger partial charge is 0.210 e. The third-order valence-corrected chi connectivity index (χ3v) is 11.1. The highest BCUT2D eigenvalue weighted by atomic mass is 35.9. The van der Waals surface area contributed by atoms with Crippen molar-refractivity contribution in [1.29, 1.82) is 0 Å². The van der Waals surface area contributed by atoms with E-state index in [2.05, 4.69) is 65.8 Å². The molecule has 0 heterocycles. The third kappa shape index (κ3) is 6.09. The lowest BCUT2D eigenvalue weighted by molar-refractivity contribution is 0.345. The van der Waals surface area contributed by atoms with Crippen molar-refractivity contribution in [3.8, 4) is 0 Å². The second-order valence-electron chi connectivity index (χ2n) is 11.6. The summed E-state index contributed by atoms with van der Waals surface area (Å²) in [6.45, 7) is 12.7. The summed E-state index contributed by atoms with van der Waals surface area (Å²) in [7, 11) is 0. The van der Waals surface area contributed by atoms with Crippen LogP contribution in [0.1, 0.15) is 95.9 Å². The monoisotopic (exact) mass is 582 g/mol. The summed E-state index contributed by atoms with van der Waals surface area (Å²) in [4.78, 5) is 21.1. The fourth-order valence-corrected chi connectivity index (χ4v) is 8.89. The van der Waals surface area contributed by atoms with E-state index in [0.29, 0.717) is 10.6 Å². The Labute approximate surface area is 225 Å². The van der Waals surface area contributed by atoms with Gasteiger partial charge in [-0.15, -0.1) is 0 Å². The van der Waals surface area contributed by atoms with Crippen molar-refractivity contribution in [2.45, 2.75) is 89.9 Å². The minimum absolute atomic E-state index is 0.195. The Bertz CT molecular complexity index is 961. The molecular weight excluding hydrogens is 548 g/mol. The summed E-state index contributed by atoms with van der Waals surface area (Å²) in [5.41, 5.74) is 3.69. The molecule has 1 aliphatic carbocycles. The minimum Gasteiger partial charge on any atom is -0.210 e. The van der Waals surface area contributed by atoms with Crippen molar-refractivity contribution in [2.24, 2.45) is 0 Å². The molecule has 0 aliphatic heterocycles. The fourth-order valence-electron chi connectivity index (χ4n) is 5.24. The van der Waals surface area contributed by atoms with Crippen LogP contribution in [0.2, 0.25) is 0 Å². The molecule has 2 N–H and O–H groups in total. The highest BCUT2D eigenvalue weighted by molar-refractivity contribution is 8.18. The molecule has 2 aromatic rings. The summed E-state index contributed by atoms with van der Waals surface area (Å²) < 4.78 is 0. The molecule has 2 aromatic carbocycles. The van der Waals surface area contributed by atoms with Crippen molar-refractivity contribution < 1.29 is 9.79 Å². The molecule has 0 spiro atoms. The van der Waals surface area contributed by atoms with Crippen LogP contribution in [0, 0.1) is 0 Å². The topological polar surface area (TPSA) is 40.5 Å². The average molecular weight is 584 g/mol. The second kappa shape index (κ2) is 9.93. The number of hydrogen-bond donors (Lipinski definition) is 2. The molecule has 1 fully saturated rings. The van der Waals surface area contributed by atoms with Gasteiger partial charge in [-0.05, 0) is 46.9 Å². The van der Waals surface area contributed by atoms with Gasteiger partial charge in [0.25, 0.3) is 0 Å². The Morgan fingerprint density at radius 3 is 1.29 bits per heavy atom. The molecule has 3 rings (SSSR count). The van der Waals surface area contributed by atoms with Gasteiger partial charge in [-0.1, -0.05) is 85.1 Å². The maximum Gasteiger partial charge on any atom is 0.368 e. The first-order chi connectivity index (χ1) is 15.4. The number of benzene rings is 2. The molecule has 2 nitrogen and oxygen atoms in total. The second-order valence-corrected chi connectivity index (χ2v) is 21.4. The zero-order valence-corrected chi connectivity index (χ0v) is 25.6. The van der Waals surface area contributed by atoms with E-state index in [1.54, 1.807) is 0 Å². The van der Waals surface area contributed by atoms with Crippen LogP contribution < -0.4 is 10.6 Å². The lowest BCUT2D eigenvalue weighted by atomic mass is 9.64. The highest BCUT2D eigenvalue weighted by Gasteiger charge is 2.45. The summed E-state index contributed by atoms with van der Waals surface area (Å²) in [6, 6.07) is 12.4. The van der Waals surface area contributed by atoms with E-state index in [4.69, 9.17) is 45.0 Å². The van der Waals surface area contributed by atoms with Crippen LogP contribution in [0.15, 0.2) is 36.4 Å². The average Bonchev–Trinajstić information content (AvgIpc) is 2.71. The van der Waals surface area contributed by atoms with E-state index in [1.807, 2.05) is 12.1 Å². The first kappa shape index (κ1) is 28.9. The van der Waals surface area contributed by atoms with Crippen LogP contribution in [-0.2, 0) is 16.2 Å². The molecule has 0 radical (unpaired) electrons. The molecule has 34 heavy (non-hydrogen) atoms. The number of rotatable bonds is 4. The van der Waals surface area contributed by atoms with E-state index < -0.39 is 12.4 Å². The van der Waals surface area contributed by atoms with Crippen molar-refractivity contribution in [3.63, 3.8) is 0 Å². The molecule has 0 aromatic heterocycles. The van der Waals surface area contributed by atoms with Crippen LogP contribution in [0.4, 0.5) is 0 Å². The molecule has 1 saturated carbocycles. The number of hydrogen-bond acceptors (Lipinski definition) is 2. The van der Waals surface area contributed by atoms with E-state index in [9.17, 15) is 9.79 Å². The molecule has 0 amide bonds. The van der Waals surface area contributed by atoms with E-state index in [0.717, 1.165) is 36.8 Å². The summed E-state index contributed by atoms with van der Waals surface area (Å²) in [5.74, 6) is 0. The standard InChI is InChI=1S/C26H36Cl4O2P2/c1-24(2,3)20-16-18(10-12-22(20)33(27,28)31)26(14-8-7-9-15-26)19-11-13-23(34(29,30)32)21(17-19)25(4,5)6/h10-13,16-17,31-32H,7-9,14-15H2,1-6H3/q+2. The molecule has 0 bridgehead atoms. The molecule has 1 aliphatic rings. The Morgan fingerprint density at radius 1 is 0.647 bits per heavy atom. The third-order valence-electron chi connectivity index (χ3n) is 7.00. The lowest BCUT2D eigenvalue weighted by Crippen LogP contribution is -2.34. The molecule has 0 saturated heterocycles. The van der Waals surface area contributed by atoms with Crippen LogP contribution in [0.5, 0.6) is 0 Å². The van der Waals surface area contributed by atoms with Crippen molar-refractivity contribution in [1.82, 2.24) is 0 Å². The Balaban J connectivity index is 2.30. The van der Waals surface area contributed by atoms with Crippen molar-refractivity contribution in [3.05, 3.63) is 58.7 Å². The minimum atomic E-state index is -3.22. The van der Waals surface area contributed by atoms with Gasteiger partial charge in [0.2, 0.25) is 0 Å². The van der Waals surface area contributed by atoms with Gasteiger partial charge in [0, 0.05) is 16.5 Å². The lowest BCUT2D eigenvalue weighted by Gasteiger charge is -2.40. The van der Waals surface area contributed by atoms with Crippen LogP contribution in [0.25, 0.3) is 0 Å². The van der Waals surface area contributed by atoms with Gasteiger partial charge in [-0.25, -0.2) is 9.79 Å². The van der Waals surface area contributed by atoms with Gasteiger partial charge < -0.3 is 0 Å². The maximum atomic E-state index is 10.5. The number of halogens is 4. The van der Waals surface area contributed by atoms with Crippen molar-refractivity contribution >= 4 is 68.0 Å². The fraction of sp³-hybridized carbons (Fsp3) is 0.538. The zero-order valence-electron chi connectivity index (χ0n) is 20.8. The summed E-state index contributed by atoms with van der Waals surface area (Å²) >= 11 is 25.1. The van der Waals surface area contributed by atoms with Gasteiger partial charge in [0.05, 0.1) is 0 Å². The van der Waals surface area contributed by atoms with E-state index in [1.165, 1.54) is 17.5 Å². The quantitative estimate of drug-likeness (QED) is 0.352. The highest BCUT2D eigenvalue weighted by Crippen LogP contribution is 2.66. The molecule has 8 heteroatoms. The Hall–Kier alpha value is 0.380. The molecule has 0 atom stereocenters. The van der Waals surface area contributed by atoms with Gasteiger partial charge in [0.15, 0.2) is 10.6 Å². The first-order valence-electron chi connectivity index (χ1n) is 11.7.